The molecule has 51 heavy (non-hydrogen) atoms. The Balaban J connectivity index is 0.988. The van der Waals surface area contributed by atoms with Gasteiger partial charge in [0.2, 0.25) is 0 Å². The highest BCUT2D eigenvalue weighted by molar-refractivity contribution is 6.32. The molecule has 2 aliphatic carbocycles. The first-order chi connectivity index (χ1) is 25.2. The molecule has 238 valence electrons. The minimum atomic E-state index is 1.00. The Hall–Kier alpha value is -6.44. The maximum atomic E-state index is 2.50. The smallest absolute Gasteiger partial charge is 0.0625 e. The van der Waals surface area contributed by atoms with Gasteiger partial charge >= 0.3 is 0 Å². The molecule has 0 bridgehead atoms. The van der Waals surface area contributed by atoms with Gasteiger partial charge in [0.05, 0.1) is 11.0 Å². The van der Waals surface area contributed by atoms with Gasteiger partial charge in [-0.1, -0.05) is 140 Å². The lowest BCUT2D eigenvalue weighted by Gasteiger charge is -2.13. The summed E-state index contributed by atoms with van der Waals surface area (Å²) in [6.45, 7) is 0. The summed E-state index contributed by atoms with van der Waals surface area (Å²) >= 11 is 0. The summed E-state index contributed by atoms with van der Waals surface area (Å²) in [4.78, 5) is 0. The van der Waals surface area contributed by atoms with Gasteiger partial charge in [0, 0.05) is 21.8 Å². The van der Waals surface area contributed by atoms with Crippen LogP contribution < -0.4 is 0 Å². The molecular weight excluding hydrogens is 615 g/mol. The van der Waals surface area contributed by atoms with Crippen LogP contribution in [-0.4, -0.2) is 4.57 Å². The summed E-state index contributed by atoms with van der Waals surface area (Å²) < 4.78 is 2.50. The van der Waals surface area contributed by atoms with Crippen LogP contribution in [0.1, 0.15) is 33.4 Å². The van der Waals surface area contributed by atoms with Crippen LogP contribution in [0.2, 0.25) is 0 Å². The minimum absolute atomic E-state index is 1.00. The van der Waals surface area contributed by atoms with E-state index in [1.807, 2.05) is 0 Å². The number of rotatable bonds is 6. The van der Waals surface area contributed by atoms with Crippen LogP contribution in [0.15, 0.2) is 152 Å². The van der Waals surface area contributed by atoms with E-state index < -0.39 is 0 Å². The second kappa shape index (κ2) is 11.0. The fourth-order valence-electron chi connectivity index (χ4n) is 8.36. The molecule has 0 unspecified atom stereocenters. The molecule has 1 heterocycles. The van der Waals surface area contributed by atoms with Crippen molar-refractivity contribution in [2.75, 3.05) is 0 Å². The average molecular weight is 648 g/mol. The second-order valence-electron chi connectivity index (χ2n) is 14.1. The third kappa shape index (κ3) is 4.48. The Morgan fingerprint density at radius 1 is 0.353 bits per heavy atom. The highest BCUT2D eigenvalue weighted by Gasteiger charge is 2.20. The van der Waals surface area contributed by atoms with E-state index in [2.05, 4.69) is 181 Å². The molecule has 0 atom stereocenters. The summed E-state index contributed by atoms with van der Waals surface area (Å²) in [6.07, 6.45) is 10.8. The predicted molar refractivity (Wildman–Crippen MR) is 218 cm³/mol. The van der Waals surface area contributed by atoms with E-state index in [0.29, 0.717) is 0 Å². The molecule has 8 aromatic carbocycles. The fourth-order valence-corrected chi connectivity index (χ4v) is 8.36. The van der Waals surface area contributed by atoms with Crippen LogP contribution in [0, 0.1) is 0 Å². The van der Waals surface area contributed by atoms with Crippen LogP contribution in [0.4, 0.5) is 0 Å². The van der Waals surface area contributed by atoms with Crippen molar-refractivity contribution in [1.82, 2.24) is 4.57 Å². The fraction of sp³-hybridized carbons (Fsp3) is 0.0400. The van der Waals surface area contributed by atoms with E-state index in [1.54, 1.807) is 0 Å². The zero-order valence-electron chi connectivity index (χ0n) is 28.1. The number of benzene rings is 8. The Kier molecular flexibility index (Phi) is 6.15. The van der Waals surface area contributed by atoms with Crippen molar-refractivity contribution < 1.29 is 0 Å². The maximum Gasteiger partial charge on any atom is 0.0625 e. The monoisotopic (exact) mass is 647 g/mol. The van der Waals surface area contributed by atoms with Gasteiger partial charge in [0.1, 0.15) is 0 Å². The average Bonchev–Trinajstić information content (AvgIpc) is 3.51. The number of nitrogens with zero attached hydrogens (tertiary/aromatic N) is 1. The summed E-state index contributed by atoms with van der Waals surface area (Å²) in [5, 5.41) is 7.78. The molecule has 9 aromatic rings. The largest absolute Gasteiger partial charge is 0.309 e. The van der Waals surface area contributed by atoms with Crippen molar-refractivity contribution in [3.63, 3.8) is 0 Å². The summed E-state index contributed by atoms with van der Waals surface area (Å²) in [6, 6.07) is 56.8. The van der Waals surface area contributed by atoms with Crippen LogP contribution >= 0.6 is 0 Å². The molecule has 1 heteroatoms. The van der Waals surface area contributed by atoms with Crippen LogP contribution in [-0.2, 0) is 12.8 Å². The molecule has 0 radical (unpaired) electrons. The molecule has 2 aliphatic rings. The van der Waals surface area contributed by atoms with Crippen molar-refractivity contribution in [2.45, 2.75) is 12.8 Å². The van der Waals surface area contributed by atoms with E-state index in [1.165, 1.54) is 105 Å². The van der Waals surface area contributed by atoms with Gasteiger partial charge in [-0.25, -0.2) is 0 Å². The number of hydrogen-bond donors (Lipinski definition) is 0. The van der Waals surface area contributed by atoms with Crippen LogP contribution in [0.5, 0.6) is 0 Å². The molecule has 0 aliphatic heterocycles. The summed E-state index contributed by atoms with van der Waals surface area (Å²) in [5.74, 6) is 0. The topological polar surface area (TPSA) is 4.93 Å². The quantitative estimate of drug-likeness (QED) is 0.158. The minimum Gasteiger partial charge on any atom is -0.309 e. The molecule has 1 nitrogen and oxygen atoms in total. The standard InChI is InChI=1S/C50H33N/c1-3-7-45-43(5-1)44-6-2-4-8-46(44)50-49(45)47-31-41(40-24-20-36-19-23-39(36)30-40)25-28-48(47)51(50)42-26-13-33(14-27-42)10-9-32-11-15-34(16-12-32)37-21-17-35-18-22-38(35)29-37/h1-8,11-31H,9-10H2. The van der Waals surface area contributed by atoms with Crippen LogP contribution in [0.25, 0.3) is 95.6 Å². The van der Waals surface area contributed by atoms with Crippen molar-refractivity contribution in [3.8, 4) is 27.9 Å². The Labute approximate surface area is 297 Å². The lowest BCUT2D eigenvalue weighted by Crippen LogP contribution is -1.97. The normalized spacial score (nSPS) is 12.7. The Morgan fingerprint density at radius 3 is 1.45 bits per heavy atom. The third-order valence-corrected chi connectivity index (χ3v) is 11.2. The van der Waals surface area contributed by atoms with Gasteiger partial charge in [-0.3, -0.25) is 0 Å². The van der Waals surface area contributed by atoms with Gasteiger partial charge in [-0.15, -0.1) is 0 Å². The van der Waals surface area contributed by atoms with Crippen molar-refractivity contribution in [1.29, 1.82) is 0 Å². The molecule has 11 rings (SSSR count). The Bertz CT molecular complexity index is 2930. The molecule has 0 fully saturated rings. The van der Waals surface area contributed by atoms with Crippen LogP contribution in [0.3, 0.4) is 0 Å². The van der Waals surface area contributed by atoms with Gasteiger partial charge in [0.25, 0.3) is 0 Å². The first-order valence-corrected chi connectivity index (χ1v) is 18.0. The molecular formula is C50H33N. The van der Waals surface area contributed by atoms with Gasteiger partial charge < -0.3 is 4.57 Å². The van der Waals surface area contributed by atoms with E-state index >= 15 is 0 Å². The number of aromatic nitrogens is 1. The Morgan fingerprint density at radius 2 is 0.843 bits per heavy atom. The maximum absolute atomic E-state index is 2.50. The lowest BCUT2D eigenvalue weighted by atomic mass is 9.92. The number of hydrogen-bond acceptors (Lipinski definition) is 0. The zero-order chi connectivity index (χ0) is 33.5. The highest BCUT2D eigenvalue weighted by atomic mass is 15.0. The van der Waals surface area contributed by atoms with E-state index in [0.717, 1.165) is 12.8 Å². The first-order valence-electron chi connectivity index (χ1n) is 18.0. The van der Waals surface area contributed by atoms with E-state index in [-0.39, 0.29) is 0 Å². The summed E-state index contributed by atoms with van der Waals surface area (Å²) in [7, 11) is 0. The SMILES string of the molecule is C1=Cc2cc(-c3ccc(CCc4ccc(-n5c6ccc(-c7ccc8c(c7)C=C8)cc6c6c7ccccc7c7ccccc7c65)cc4)cc3)ccc21. The number of fused-ring (bicyclic) bond motifs is 10. The van der Waals surface area contributed by atoms with E-state index in [9.17, 15) is 0 Å². The van der Waals surface area contributed by atoms with Crippen molar-refractivity contribution >= 4 is 67.7 Å². The zero-order valence-corrected chi connectivity index (χ0v) is 28.1. The van der Waals surface area contributed by atoms with Crippen molar-refractivity contribution in [2.24, 2.45) is 0 Å². The number of aryl methyl sites for hydroxylation is 2. The molecule has 1 aromatic heterocycles. The molecule has 0 spiro atoms. The highest BCUT2D eigenvalue weighted by Crippen LogP contribution is 2.43. The van der Waals surface area contributed by atoms with Gasteiger partial charge in [-0.2, -0.15) is 0 Å². The van der Waals surface area contributed by atoms with Gasteiger partial charge in [-0.05, 0) is 121 Å². The first kappa shape index (κ1) is 28.4. The van der Waals surface area contributed by atoms with E-state index in [4.69, 9.17) is 0 Å². The summed E-state index contributed by atoms with van der Waals surface area (Å²) in [5.41, 5.74) is 16.8. The molecule has 0 saturated heterocycles. The van der Waals surface area contributed by atoms with Crippen molar-refractivity contribution in [3.05, 3.63) is 185 Å². The molecule has 0 saturated carbocycles. The second-order valence-corrected chi connectivity index (χ2v) is 14.1. The predicted octanol–water partition coefficient (Wildman–Crippen LogP) is 13.2. The van der Waals surface area contributed by atoms with Gasteiger partial charge in [0.15, 0.2) is 0 Å². The lowest BCUT2D eigenvalue weighted by molar-refractivity contribution is 0.959. The molecule has 0 N–H and O–H groups in total. The third-order valence-electron chi connectivity index (χ3n) is 11.2. The molecule has 0 amide bonds.